The molecule has 1 N–H and O–H groups in total. The number of carbonyl (C=O) groups is 2. The molecule has 0 bridgehead atoms. The van der Waals surface area contributed by atoms with Gasteiger partial charge in [-0.05, 0) is 49.7 Å². The molecule has 3 nitrogen and oxygen atoms in total. The largest absolute Gasteiger partial charge is 0.326 e. The molecule has 1 aromatic carbocycles. The molecule has 0 aliphatic heterocycles. The number of carbonyl (C=O) groups excluding carboxylic acids is 2. The first-order valence-electron chi connectivity index (χ1n) is 7.46. The van der Waals surface area contributed by atoms with Crippen LogP contribution in [0.1, 0.15) is 49.9 Å². The first kappa shape index (κ1) is 14.8. The van der Waals surface area contributed by atoms with Crippen molar-refractivity contribution in [3.05, 3.63) is 29.8 Å². The number of hydrogen-bond acceptors (Lipinski definition) is 2. The van der Waals surface area contributed by atoms with Crippen molar-refractivity contribution in [3.63, 3.8) is 0 Å². The van der Waals surface area contributed by atoms with Crippen molar-refractivity contribution in [3.8, 4) is 0 Å². The van der Waals surface area contributed by atoms with Crippen molar-refractivity contribution in [2.24, 2.45) is 17.8 Å². The molecule has 0 heterocycles. The molecular formula is C17H23NO2. The molecule has 0 aromatic heterocycles. The third kappa shape index (κ3) is 3.69. The van der Waals surface area contributed by atoms with Gasteiger partial charge in [-0.25, -0.2) is 0 Å². The quantitative estimate of drug-likeness (QED) is 0.846. The molecule has 1 fully saturated rings. The normalized spacial score (nSPS) is 22.6. The highest BCUT2D eigenvalue weighted by Gasteiger charge is 2.27. The molecule has 0 radical (unpaired) electrons. The zero-order valence-corrected chi connectivity index (χ0v) is 12.3. The lowest BCUT2D eigenvalue weighted by molar-refractivity contribution is -0.121. The van der Waals surface area contributed by atoms with Crippen molar-refractivity contribution in [1.29, 1.82) is 0 Å². The highest BCUT2D eigenvalue weighted by atomic mass is 16.1. The molecule has 20 heavy (non-hydrogen) atoms. The van der Waals surface area contributed by atoms with Crippen LogP contribution in [0.2, 0.25) is 0 Å². The first-order chi connectivity index (χ1) is 9.60. The maximum Gasteiger partial charge on any atom is 0.227 e. The van der Waals surface area contributed by atoms with E-state index in [1.807, 2.05) is 6.07 Å². The van der Waals surface area contributed by atoms with Crippen LogP contribution < -0.4 is 5.32 Å². The maximum absolute atomic E-state index is 12.2. The lowest BCUT2D eigenvalue weighted by atomic mass is 9.76. The highest BCUT2D eigenvalue weighted by Crippen LogP contribution is 2.33. The van der Waals surface area contributed by atoms with Gasteiger partial charge in [-0.3, -0.25) is 9.59 Å². The molecule has 0 unspecified atom stereocenters. The van der Waals surface area contributed by atoms with Crippen molar-refractivity contribution >= 4 is 17.9 Å². The van der Waals surface area contributed by atoms with Gasteiger partial charge in [-0.15, -0.1) is 0 Å². The van der Waals surface area contributed by atoms with Gasteiger partial charge in [0.25, 0.3) is 0 Å². The monoisotopic (exact) mass is 273 g/mol. The second-order valence-electron chi connectivity index (χ2n) is 6.09. The van der Waals surface area contributed by atoms with E-state index in [0.717, 1.165) is 37.9 Å². The van der Waals surface area contributed by atoms with Crippen LogP contribution in [0.3, 0.4) is 0 Å². The standard InChI is InChI=1S/C17H23NO2/c1-12(2)14-6-8-15(9-7-14)17(20)18-16-5-3-4-13(10-16)11-19/h3-5,10-12,14-15H,6-9H2,1-2H3,(H,18,20). The number of anilines is 1. The Morgan fingerprint density at radius 2 is 1.95 bits per heavy atom. The van der Waals surface area contributed by atoms with E-state index < -0.39 is 0 Å². The number of benzene rings is 1. The summed E-state index contributed by atoms with van der Waals surface area (Å²) in [4.78, 5) is 23.0. The van der Waals surface area contributed by atoms with Crippen molar-refractivity contribution in [2.75, 3.05) is 5.32 Å². The summed E-state index contributed by atoms with van der Waals surface area (Å²) >= 11 is 0. The summed E-state index contributed by atoms with van der Waals surface area (Å²) in [5, 5.41) is 2.93. The smallest absolute Gasteiger partial charge is 0.227 e. The van der Waals surface area contributed by atoms with Gasteiger partial charge >= 0.3 is 0 Å². The van der Waals surface area contributed by atoms with Gasteiger partial charge in [0, 0.05) is 17.2 Å². The first-order valence-corrected chi connectivity index (χ1v) is 7.46. The minimum atomic E-state index is 0.0928. The molecule has 0 spiro atoms. The van der Waals surface area contributed by atoms with Crippen LogP contribution in [0.15, 0.2) is 24.3 Å². The van der Waals surface area contributed by atoms with Crippen LogP contribution in [-0.4, -0.2) is 12.2 Å². The second-order valence-corrected chi connectivity index (χ2v) is 6.09. The minimum Gasteiger partial charge on any atom is -0.326 e. The molecule has 1 aromatic rings. The average Bonchev–Trinajstić information content (AvgIpc) is 2.47. The highest BCUT2D eigenvalue weighted by molar-refractivity contribution is 5.93. The Balaban J connectivity index is 1.91. The van der Waals surface area contributed by atoms with Crippen molar-refractivity contribution < 1.29 is 9.59 Å². The molecular weight excluding hydrogens is 250 g/mol. The molecule has 1 saturated carbocycles. The third-order valence-electron chi connectivity index (χ3n) is 4.38. The maximum atomic E-state index is 12.2. The van der Waals surface area contributed by atoms with E-state index in [0.29, 0.717) is 17.2 Å². The predicted molar refractivity (Wildman–Crippen MR) is 80.7 cm³/mol. The van der Waals surface area contributed by atoms with E-state index in [9.17, 15) is 9.59 Å². The van der Waals surface area contributed by atoms with Gasteiger partial charge in [-0.2, -0.15) is 0 Å². The van der Waals surface area contributed by atoms with E-state index in [-0.39, 0.29) is 11.8 Å². The minimum absolute atomic E-state index is 0.0928. The fourth-order valence-corrected chi connectivity index (χ4v) is 2.98. The molecule has 0 saturated heterocycles. The van der Waals surface area contributed by atoms with E-state index in [4.69, 9.17) is 0 Å². The van der Waals surface area contributed by atoms with Crippen molar-refractivity contribution in [1.82, 2.24) is 0 Å². The number of rotatable bonds is 4. The summed E-state index contributed by atoms with van der Waals surface area (Å²) in [5.74, 6) is 1.68. The van der Waals surface area contributed by atoms with Gasteiger partial charge in [0.05, 0.1) is 0 Å². The lowest BCUT2D eigenvalue weighted by Gasteiger charge is -2.30. The summed E-state index contributed by atoms with van der Waals surface area (Å²) in [7, 11) is 0. The Hall–Kier alpha value is -1.64. The van der Waals surface area contributed by atoms with Crippen LogP contribution in [0.5, 0.6) is 0 Å². The Morgan fingerprint density at radius 3 is 2.55 bits per heavy atom. The Labute approximate surface area is 120 Å². The number of amides is 1. The van der Waals surface area contributed by atoms with Crippen LogP contribution in [0, 0.1) is 17.8 Å². The van der Waals surface area contributed by atoms with Crippen LogP contribution in [0.25, 0.3) is 0 Å². The van der Waals surface area contributed by atoms with Crippen molar-refractivity contribution in [2.45, 2.75) is 39.5 Å². The Morgan fingerprint density at radius 1 is 1.25 bits per heavy atom. The zero-order valence-electron chi connectivity index (χ0n) is 12.3. The van der Waals surface area contributed by atoms with E-state index in [1.54, 1.807) is 18.2 Å². The fraction of sp³-hybridized carbons (Fsp3) is 0.529. The fourth-order valence-electron chi connectivity index (χ4n) is 2.98. The summed E-state index contributed by atoms with van der Waals surface area (Å²) in [5.41, 5.74) is 1.30. The van der Waals surface area contributed by atoms with Gasteiger partial charge in [0.15, 0.2) is 0 Å². The van der Waals surface area contributed by atoms with Gasteiger partial charge in [-0.1, -0.05) is 26.0 Å². The summed E-state index contributed by atoms with van der Waals surface area (Å²) in [6.45, 7) is 4.52. The Bertz CT molecular complexity index is 474. The topological polar surface area (TPSA) is 46.2 Å². The van der Waals surface area contributed by atoms with E-state index >= 15 is 0 Å². The van der Waals surface area contributed by atoms with E-state index in [2.05, 4.69) is 19.2 Å². The SMILES string of the molecule is CC(C)C1CCC(C(=O)Nc2cccc(C=O)c2)CC1. The zero-order chi connectivity index (χ0) is 14.5. The summed E-state index contributed by atoms with van der Waals surface area (Å²) in [6, 6.07) is 7.06. The molecule has 1 aliphatic rings. The molecule has 0 atom stereocenters. The van der Waals surface area contributed by atoms with Crippen LogP contribution >= 0.6 is 0 Å². The average molecular weight is 273 g/mol. The van der Waals surface area contributed by atoms with Gasteiger partial charge in [0.1, 0.15) is 6.29 Å². The third-order valence-corrected chi connectivity index (χ3v) is 4.38. The summed E-state index contributed by atoms with van der Waals surface area (Å²) in [6.07, 6.45) is 5.03. The second kappa shape index (κ2) is 6.69. The van der Waals surface area contributed by atoms with Gasteiger partial charge in [0.2, 0.25) is 5.91 Å². The Kier molecular flexibility index (Phi) is 4.94. The van der Waals surface area contributed by atoms with Crippen LogP contribution in [-0.2, 0) is 4.79 Å². The molecule has 1 amide bonds. The van der Waals surface area contributed by atoms with Gasteiger partial charge < -0.3 is 5.32 Å². The van der Waals surface area contributed by atoms with E-state index in [1.165, 1.54) is 0 Å². The summed E-state index contributed by atoms with van der Waals surface area (Å²) < 4.78 is 0. The van der Waals surface area contributed by atoms with Crippen LogP contribution in [0.4, 0.5) is 5.69 Å². The molecule has 1 aliphatic carbocycles. The molecule has 3 heteroatoms. The number of aldehydes is 1. The number of hydrogen-bond donors (Lipinski definition) is 1. The number of nitrogens with one attached hydrogen (secondary N) is 1. The lowest BCUT2D eigenvalue weighted by Crippen LogP contribution is -2.28. The predicted octanol–water partition coefficient (Wildman–Crippen LogP) is 3.90. The molecule has 108 valence electrons. The molecule has 2 rings (SSSR count).